The minimum Gasteiger partial charge on any atom is -0.493 e. The van der Waals surface area contributed by atoms with Crippen LogP contribution < -0.4 is 10.1 Å². The van der Waals surface area contributed by atoms with E-state index in [1.165, 1.54) is 0 Å². The van der Waals surface area contributed by atoms with Crippen LogP contribution in [0.2, 0.25) is 0 Å². The molecule has 0 saturated carbocycles. The van der Waals surface area contributed by atoms with E-state index < -0.39 is 0 Å². The van der Waals surface area contributed by atoms with Crippen LogP contribution in [0.5, 0.6) is 5.75 Å². The first-order valence-corrected chi connectivity index (χ1v) is 8.69. The first kappa shape index (κ1) is 17.5. The Morgan fingerprint density at radius 1 is 1.40 bits per heavy atom. The Labute approximate surface area is 148 Å². The summed E-state index contributed by atoms with van der Waals surface area (Å²) in [5, 5.41) is 7.28. The lowest BCUT2D eigenvalue weighted by Crippen LogP contribution is -2.16. The highest BCUT2D eigenvalue weighted by atomic mass is 16.5. The van der Waals surface area contributed by atoms with Crippen molar-refractivity contribution in [1.29, 1.82) is 0 Å². The van der Waals surface area contributed by atoms with Gasteiger partial charge >= 0.3 is 0 Å². The van der Waals surface area contributed by atoms with Crippen LogP contribution in [0.25, 0.3) is 0 Å². The predicted molar refractivity (Wildman–Crippen MR) is 96.1 cm³/mol. The zero-order valence-electron chi connectivity index (χ0n) is 15.0. The second kappa shape index (κ2) is 7.70. The molecule has 6 heteroatoms. The summed E-state index contributed by atoms with van der Waals surface area (Å²) >= 11 is 0. The van der Waals surface area contributed by atoms with E-state index in [0.29, 0.717) is 18.2 Å². The van der Waals surface area contributed by atoms with E-state index in [2.05, 4.69) is 24.3 Å². The molecule has 1 aliphatic rings. The van der Waals surface area contributed by atoms with Crippen molar-refractivity contribution in [2.75, 3.05) is 25.1 Å². The van der Waals surface area contributed by atoms with Crippen LogP contribution in [-0.4, -0.2) is 35.5 Å². The van der Waals surface area contributed by atoms with Crippen molar-refractivity contribution in [3.8, 4) is 5.75 Å². The fourth-order valence-corrected chi connectivity index (χ4v) is 2.74. The van der Waals surface area contributed by atoms with Gasteiger partial charge in [0.15, 0.2) is 0 Å². The minimum atomic E-state index is -0.168. The van der Waals surface area contributed by atoms with Crippen molar-refractivity contribution < 1.29 is 14.3 Å². The van der Waals surface area contributed by atoms with Gasteiger partial charge in [-0.1, -0.05) is 13.8 Å². The van der Waals surface area contributed by atoms with Crippen LogP contribution in [0, 0.1) is 5.92 Å². The van der Waals surface area contributed by atoms with Crippen LogP contribution >= 0.6 is 0 Å². The van der Waals surface area contributed by atoms with E-state index in [0.717, 1.165) is 36.8 Å². The number of nitrogens with zero attached hydrogens (tertiary/aromatic N) is 2. The lowest BCUT2D eigenvalue weighted by atomic mass is 10.1. The largest absolute Gasteiger partial charge is 0.493 e. The van der Waals surface area contributed by atoms with Crippen molar-refractivity contribution in [3.05, 3.63) is 41.7 Å². The fraction of sp³-hybridized carbons (Fsp3) is 0.474. The molecule has 1 aliphatic heterocycles. The normalized spacial score (nSPS) is 17.0. The molecule has 25 heavy (non-hydrogen) atoms. The number of nitrogens with one attached hydrogen (secondary N) is 1. The van der Waals surface area contributed by atoms with Gasteiger partial charge < -0.3 is 14.8 Å². The highest BCUT2D eigenvalue weighted by Crippen LogP contribution is 2.20. The van der Waals surface area contributed by atoms with E-state index in [-0.39, 0.29) is 11.8 Å². The van der Waals surface area contributed by atoms with Crippen molar-refractivity contribution >= 4 is 11.6 Å². The monoisotopic (exact) mass is 343 g/mol. The Kier molecular flexibility index (Phi) is 5.38. The van der Waals surface area contributed by atoms with Crippen molar-refractivity contribution in [3.63, 3.8) is 0 Å². The summed E-state index contributed by atoms with van der Waals surface area (Å²) in [7, 11) is 1.78. The quantitative estimate of drug-likeness (QED) is 0.875. The van der Waals surface area contributed by atoms with Gasteiger partial charge in [-0.05, 0) is 42.7 Å². The molecule has 134 valence electrons. The number of amides is 1. The summed E-state index contributed by atoms with van der Waals surface area (Å²) in [6.45, 7) is 6.38. The number of carbonyl (C=O) groups excluding carboxylic acids is 1. The molecule has 1 aromatic heterocycles. The number of benzene rings is 1. The zero-order valence-corrected chi connectivity index (χ0v) is 15.0. The molecule has 0 spiro atoms. The number of anilines is 1. The third-order valence-corrected chi connectivity index (χ3v) is 4.34. The van der Waals surface area contributed by atoms with Gasteiger partial charge in [0.2, 0.25) is 0 Å². The average molecular weight is 343 g/mol. The number of aryl methyl sites for hydroxylation is 1. The van der Waals surface area contributed by atoms with E-state index in [4.69, 9.17) is 9.47 Å². The summed E-state index contributed by atoms with van der Waals surface area (Å²) < 4.78 is 12.7. The topological polar surface area (TPSA) is 65.4 Å². The van der Waals surface area contributed by atoms with E-state index in [1.54, 1.807) is 11.7 Å². The highest BCUT2D eigenvalue weighted by Gasteiger charge is 2.17. The van der Waals surface area contributed by atoms with Crippen molar-refractivity contribution in [2.24, 2.45) is 13.0 Å². The smallest absolute Gasteiger partial charge is 0.273 e. The van der Waals surface area contributed by atoms with E-state index in [9.17, 15) is 4.79 Å². The molecule has 2 heterocycles. The Hall–Kier alpha value is -2.34. The Bertz CT molecular complexity index is 716. The molecule has 6 nitrogen and oxygen atoms in total. The number of hydrogen-bond acceptors (Lipinski definition) is 4. The first-order valence-electron chi connectivity index (χ1n) is 8.69. The van der Waals surface area contributed by atoms with Crippen LogP contribution in [0.15, 0.2) is 30.3 Å². The van der Waals surface area contributed by atoms with Crippen LogP contribution in [0.1, 0.15) is 42.4 Å². The molecule has 0 aliphatic carbocycles. The van der Waals surface area contributed by atoms with Gasteiger partial charge in [0, 0.05) is 25.3 Å². The van der Waals surface area contributed by atoms with Gasteiger partial charge in [0.05, 0.1) is 18.9 Å². The number of aromatic nitrogens is 2. The molecular weight excluding hydrogens is 318 g/mol. The van der Waals surface area contributed by atoms with Gasteiger partial charge in [0.25, 0.3) is 5.91 Å². The maximum atomic E-state index is 12.4. The number of carbonyl (C=O) groups is 1. The van der Waals surface area contributed by atoms with E-state index >= 15 is 0 Å². The summed E-state index contributed by atoms with van der Waals surface area (Å²) in [6.07, 6.45) is 1.05. The Morgan fingerprint density at radius 2 is 2.16 bits per heavy atom. The summed E-state index contributed by atoms with van der Waals surface area (Å²) in [6, 6.07) is 9.26. The summed E-state index contributed by atoms with van der Waals surface area (Å²) in [4.78, 5) is 12.4. The maximum absolute atomic E-state index is 12.4. The van der Waals surface area contributed by atoms with Crippen LogP contribution in [0.4, 0.5) is 5.69 Å². The van der Waals surface area contributed by atoms with Gasteiger partial charge in [-0.15, -0.1) is 0 Å². The lowest BCUT2D eigenvalue weighted by molar-refractivity contribution is 0.101. The zero-order chi connectivity index (χ0) is 17.8. The molecule has 0 unspecified atom stereocenters. The molecular formula is C19H25N3O3. The first-order chi connectivity index (χ1) is 12.0. The van der Waals surface area contributed by atoms with Gasteiger partial charge in [-0.2, -0.15) is 5.10 Å². The van der Waals surface area contributed by atoms with Gasteiger partial charge in [-0.25, -0.2) is 0 Å². The van der Waals surface area contributed by atoms with Crippen molar-refractivity contribution in [1.82, 2.24) is 9.78 Å². The SMILES string of the molecule is CC(C)c1cc(C(=O)Nc2ccc(OC[C@@H]3CCOC3)cc2)n(C)n1. The Morgan fingerprint density at radius 3 is 2.76 bits per heavy atom. The second-order valence-corrected chi connectivity index (χ2v) is 6.75. The summed E-state index contributed by atoms with van der Waals surface area (Å²) in [5.41, 5.74) is 2.19. The Balaban J connectivity index is 1.58. The number of rotatable bonds is 6. The molecule has 0 radical (unpaired) electrons. The molecule has 0 bridgehead atoms. The molecule has 1 fully saturated rings. The number of ether oxygens (including phenoxy) is 2. The average Bonchev–Trinajstić information content (AvgIpc) is 3.23. The summed E-state index contributed by atoms with van der Waals surface area (Å²) in [5.74, 6) is 1.39. The standard InChI is InChI=1S/C19H25N3O3/c1-13(2)17-10-18(22(3)21-17)19(23)20-15-4-6-16(7-5-15)25-12-14-8-9-24-11-14/h4-7,10,13-14H,8-9,11-12H2,1-3H3,(H,20,23)/t14-/m1/s1. The van der Waals surface area contributed by atoms with Crippen LogP contribution in [-0.2, 0) is 11.8 Å². The predicted octanol–water partition coefficient (Wildman–Crippen LogP) is 3.21. The lowest BCUT2D eigenvalue weighted by Gasteiger charge is -2.11. The van der Waals surface area contributed by atoms with E-state index in [1.807, 2.05) is 30.3 Å². The van der Waals surface area contributed by atoms with Crippen molar-refractivity contribution in [2.45, 2.75) is 26.2 Å². The molecule has 1 saturated heterocycles. The molecule has 1 atom stereocenters. The molecule has 1 aromatic carbocycles. The van der Waals surface area contributed by atoms with Crippen LogP contribution in [0.3, 0.4) is 0 Å². The molecule has 1 amide bonds. The third kappa shape index (κ3) is 4.39. The fourth-order valence-electron chi connectivity index (χ4n) is 2.74. The molecule has 3 rings (SSSR count). The molecule has 2 aromatic rings. The maximum Gasteiger partial charge on any atom is 0.273 e. The van der Waals surface area contributed by atoms with Gasteiger partial charge in [-0.3, -0.25) is 9.48 Å². The second-order valence-electron chi connectivity index (χ2n) is 6.75. The van der Waals surface area contributed by atoms with Gasteiger partial charge in [0.1, 0.15) is 11.4 Å². The number of hydrogen-bond donors (Lipinski definition) is 1. The highest BCUT2D eigenvalue weighted by molar-refractivity contribution is 6.03. The third-order valence-electron chi connectivity index (χ3n) is 4.34. The minimum absolute atomic E-state index is 0.168. The molecule has 1 N–H and O–H groups in total.